The first-order valence-electron chi connectivity index (χ1n) is 8.34. The Morgan fingerprint density at radius 1 is 1.08 bits per heavy atom. The number of hydrogen-bond acceptors (Lipinski definition) is 4. The number of rotatable bonds is 8. The maximum Gasteiger partial charge on any atom is 0.224 e. The van der Waals surface area contributed by atoms with E-state index in [-0.39, 0.29) is 24.2 Å². The minimum atomic E-state index is -0.310. The predicted octanol–water partition coefficient (Wildman–Crippen LogP) is 2.80. The molecule has 2 aromatic carbocycles. The van der Waals surface area contributed by atoms with Crippen molar-refractivity contribution in [3.05, 3.63) is 59.4 Å². The molecule has 5 nitrogen and oxygen atoms in total. The summed E-state index contributed by atoms with van der Waals surface area (Å²) in [7, 11) is 7.09. The first kappa shape index (κ1) is 19.7. The lowest BCUT2D eigenvalue weighted by Crippen LogP contribution is -2.35. The molecule has 0 heterocycles. The largest absolute Gasteiger partial charge is 0.493 e. The van der Waals surface area contributed by atoms with E-state index in [0.717, 1.165) is 11.1 Å². The molecule has 0 aliphatic heterocycles. The molecule has 140 valence electrons. The van der Waals surface area contributed by atoms with Crippen molar-refractivity contribution in [2.45, 2.75) is 12.5 Å². The molecule has 2 aromatic rings. The zero-order valence-electron chi connectivity index (χ0n) is 15.6. The number of carbonyl (C=O) groups is 1. The van der Waals surface area contributed by atoms with Crippen molar-refractivity contribution < 1.29 is 18.7 Å². The quantitative estimate of drug-likeness (QED) is 0.787. The molecule has 0 spiro atoms. The van der Waals surface area contributed by atoms with E-state index in [1.807, 2.05) is 37.2 Å². The molecule has 0 aliphatic carbocycles. The van der Waals surface area contributed by atoms with Crippen LogP contribution < -0.4 is 14.8 Å². The van der Waals surface area contributed by atoms with Gasteiger partial charge < -0.3 is 19.7 Å². The van der Waals surface area contributed by atoms with Crippen LogP contribution in [0, 0.1) is 5.82 Å². The second kappa shape index (κ2) is 9.20. The summed E-state index contributed by atoms with van der Waals surface area (Å²) < 4.78 is 23.6. The lowest BCUT2D eigenvalue weighted by Gasteiger charge is -2.26. The van der Waals surface area contributed by atoms with E-state index in [1.54, 1.807) is 26.4 Å². The molecule has 0 aliphatic rings. The first-order valence-corrected chi connectivity index (χ1v) is 8.34. The summed E-state index contributed by atoms with van der Waals surface area (Å²) in [6.45, 7) is 0.447. The van der Waals surface area contributed by atoms with Crippen LogP contribution in [-0.4, -0.2) is 45.7 Å². The molecule has 0 saturated heterocycles. The van der Waals surface area contributed by atoms with Gasteiger partial charge in [-0.2, -0.15) is 0 Å². The van der Waals surface area contributed by atoms with Gasteiger partial charge in [0.2, 0.25) is 5.91 Å². The molecule has 0 aromatic heterocycles. The summed E-state index contributed by atoms with van der Waals surface area (Å²) in [5.41, 5.74) is 1.78. The van der Waals surface area contributed by atoms with Gasteiger partial charge in [0.1, 0.15) is 5.82 Å². The highest BCUT2D eigenvalue weighted by atomic mass is 19.1. The molecule has 1 unspecified atom stereocenters. The van der Waals surface area contributed by atoms with Crippen LogP contribution >= 0.6 is 0 Å². The van der Waals surface area contributed by atoms with E-state index in [1.165, 1.54) is 12.1 Å². The molecule has 2 rings (SSSR count). The average molecular weight is 360 g/mol. The van der Waals surface area contributed by atoms with Gasteiger partial charge in [-0.1, -0.05) is 18.2 Å². The smallest absolute Gasteiger partial charge is 0.224 e. The number of halogens is 1. The number of hydrogen-bond donors (Lipinski definition) is 1. The van der Waals surface area contributed by atoms with E-state index in [2.05, 4.69) is 5.32 Å². The lowest BCUT2D eigenvalue weighted by atomic mass is 10.0. The van der Waals surface area contributed by atoms with Crippen LogP contribution in [0.4, 0.5) is 4.39 Å². The summed E-state index contributed by atoms with van der Waals surface area (Å²) in [6, 6.07) is 11.6. The fraction of sp³-hybridized carbons (Fsp3) is 0.350. The monoisotopic (exact) mass is 360 g/mol. The van der Waals surface area contributed by atoms with Crippen molar-refractivity contribution in [1.29, 1.82) is 0 Å². The molecular formula is C20H25FN2O3. The van der Waals surface area contributed by atoms with Gasteiger partial charge in [-0.3, -0.25) is 4.79 Å². The number of carbonyl (C=O) groups excluding carboxylic acids is 1. The Morgan fingerprint density at radius 2 is 1.73 bits per heavy atom. The van der Waals surface area contributed by atoms with Crippen molar-refractivity contribution in [2.75, 3.05) is 34.9 Å². The summed E-state index contributed by atoms with van der Waals surface area (Å²) >= 11 is 0. The SMILES string of the molecule is COc1ccc(C(CNC(=O)Cc2ccc(F)cc2)N(C)C)cc1OC. The molecule has 0 radical (unpaired) electrons. The Morgan fingerprint density at radius 3 is 2.31 bits per heavy atom. The number of amides is 1. The highest BCUT2D eigenvalue weighted by Gasteiger charge is 2.17. The van der Waals surface area contributed by atoms with Crippen molar-refractivity contribution in [2.24, 2.45) is 0 Å². The topological polar surface area (TPSA) is 50.8 Å². The van der Waals surface area contributed by atoms with Crippen molar-refractivity contribution in [3.8, 4) is 11.5 Å². The minimum absolute atomic E-state index is 0.0213. The molecular weight excluding hydrogens is 335 g/mol. The third-order valence-corrected chi connectivity index (χ3v) is 4.19. The van der Waals surface area contributed by atoms with Gasteiger partial charge in [-0.05, 0) is 49.5 Å². The van der Waals surface area contributed by atoms with E-state index in [0.29, 0.717) is 18.0 Å². The Labute approximate surface area is 153 Å². The zero-order chi connectivity index (χ0) is 19.1. The van der Waals surface area contributed by atoms with Gasteiger partial charge in [0, 0.05) is 6.54 Å². The molecule has 0 fully saturated rings. The third-order valence-electron chi connectivity index (χ3n) is 4.19. The maximum atomic E-state index is 12.9. The van der Waals surface area contributed by atoms with Gasteiger partial charge in [0.05, 0.1) is 26.7 Å². The first-order chi connectivity index (χ1) is 12.4. The van der Waals surface area contributed by atoms with Gasteiger partial charge in [-0.25, -0.2) is 4.39 Å². The third kappa shape index (κ3) is 5.20. The van der Waals surface area contributed by atoms with E-state index < -0.39 is 0 Å². The van der Waals surface area contributed by atoms with E-state index in [9.17, 15) is 9.18 Å². The molecule has 1 amide bonds. The molecule has 6 heteroatoms. The fourth-order valence-electron chi connectivity index (χ4n) is 2.72. The molecule has 0 bridgehead atoms. The Bertz CT molecular complexity index is 732. The van der Waals surface area contributed by atoms with Crippen molar-refractivity contribution >= 4 is 5.91 Å². The van der Waals surface area contributed by atoms with Gasteiger partial charge in [0.15, 0.2) is 11.5 Å². The summed E-state index contributed by atoms with van der Waals surface area (Å²) in [5.74, 6) is 0.891. The number of benzene rings is 2. The second-order valence-corrected chi connectivity index (χ2v) is 6.20. The fourth-order valence-corrected chi connectivity index (χ4v) is 2.72. The van der Waals surface area contributed by atoms with Crippen LogP contribution in [0.25, 0.3) is 0 Å². The van der Waals surface area contributed by atoms with Gasteiger partial charge >= 0.3 is 0 Å². The number of ether oxygens (including phenoxy) is 2. The van der Waals surface area contributed by atoms with Crippen LogP contribution in [0.5, 0.6) is 11.5 Å². The summed E-state index contributed by atoms with van der Waals surface area (Å²) in [4.78, 5) is 14.2. The predicted molar refractivity (Wildman–Crippen MR) is 99.1 cm³/mol. The van der Waals surface area contributed by atoms with Gasteiger partial charge in [0.25, 0.3) is 0 Å². The number of methoxy groups -OCH3 is 2. The number of likely N-dealkylation sites (N-methyl/N-ethyl adjacent to an activating group) is 1. The number of nitrogens with zero attached hydrogens (tertiary/aromatic N) is 1. The summed E-state index contributed by atoms with van der Waals surface area (Å²) in [5, 5.41) is 2.95. The van der Waals surface area contributed by atoms with Gasteiger partial charge in [-0.15, -0.1) is 0 Å². The lowest BCUT2D eigenvalue weighted by molar-refractivity contribution is -0.120. The van der Waals surface area contributed by atoms with E-state index >= 15 is 0 Å². The Kier molecular flexibility index (Phi) is 6.97. The molecule has 1 N–H and O–H groups in total. The normalized spacial score (nSPS) is 11.9. The van der Waals surface area contributed by atoms with Crippen molar-refractivity contribution in [3.63, 3.8) is 0 Å². The van der Waals surface area contributed by atoms with Crippen LogP contribution in [0.2, 0.25) is 0 Å². The highest BCUT2D eigenvalue weighted by molar-refractivity contribution is 5.78. The van der Waals surface area contributed by atoms with Crippen LogP contribution in [0.15, 0.2) is 42.5 Å². The molecule has 0 saturated carbocycles. The maximum absolute atomic E-state index is 12.9. The molecule has 26 heavy (non-hydrogen) atoms. The van der Waals surface area contributed by atoms with E-state index in [4.69, 9.17) is 9.47 Å². The van der Waals surface area contributed by atoms with Crippen LogP contribution in [-0.2, 0) is 11.2 Å². The minimum Gasteiger partial charge on any atom is -0.493 e. The zero-order valence-corrected chi connectivity index (χ0v) is 15.6. The summed E-state index contributed by atoms with van der Waals surface area (Å²) in [6.07, 6.45) is 0.215. The Balaban J connectivity index is 2.04. The molecule has 1 atom stereocenters. The number of nitrogens with one attached hydrogen (secondary N) is 1. The van der Waals surface area contributed by atoms with Crippen molar-refractivity contribution in [1.82, 2.24) is 10.2 Å². The Hall–Kier alpha value is -2.60. The van der Waals surface area contributed by atoms with Crippen LogP contribution in [0.3, 0.4) is 0 Å². The van der Waals surface area contributed by atoms with Crippen LogP contribution in [0.1, 0.15) is 17.2 Å². The highest BCUT2D eigenvalue weighted by Crippen LogP contribution is 2.31. The second-order valence-electron chi connectivity index (χ2n) is 6.20. The average Bonchev–Trinajstić information content (AvgIpc) is 2.63. The standard InChI is InChI=1S/C20H25FN2O3/c1-23(2)17(15-7-10-18(25-3)19(12-15)26-4)13-22-20(24)11-14-5-8-16(21)9-6-14/h5-10,12,17H,11,13H2,1-4H3,(H,22,24).